The topological polar surface area (TPSA) is 64.2 Å². The number of halogens is 2. The molecular weight excluding hydrogens is 365 g/mol. The summed E-state index contributed by atoms with van der Waals surface area (Å²) in [5.41, 5.74) is -0.421. The Labute approximate surface area is 155 Å². The summed E-state index contributed by atoms with van der Waals surface area (Å²) >= 11 is 12.5. The number of carbonyl (C=O) groups excluding carboxylic acids is 1. The molecule has 0 spiro atoms. The maximum atomic E-state index is 12.9. The Morgan fingerprint density at radius 1 is 1.24 bits per heavy atom. The van der Waals surface area contributed by atoms with Crippen LogP contribution in [-0.2, 0) is 13.9 Å². The molecule has 2 aromatic rings. The molecule has 1 atom stereocenters. The maximum absolute atomic E-state index is 12.9. The van der Waals surface area contributed by atoms with Crippen molar-refractivity contribution in [3.8, 4) is 0 Å². The Bertz CT molecular complexity index is 897. The van der Waals surface area contributed by atoms with E-state index in [2.05, 4.69) is 4.98 Å². The Balaban J connectivity index is 2.06. The predicted molar refractivity (Wildman–Crippen MR) is 97.8 cm³/mol. The third-order valence-corrected chi connectivity index (χ3v) is 4.01. The first-order valence-electron chi connectivity index (χ1n) is 7.89. The van der Waals surface area contributed by atoms with Crippen LogP contribution in [0.25, 0.3) is 10.9 Å². The van der Waals surface area contributed by atoms with E-state index in [-0.39, 0.29) is 11.4 Å². The third kappa shape index (κ3) is 3.60. The minimum absolute atomic E-state index is 0.172. The molecule has 1 aliphatic heterocycles. The van der Waals surface area contributed by atoms with E-state index in [1.54, 1.807) is 50.0 Å². The van der Waals surface area contributed by atoms with Gasteiger partial charge in [0.15, 0.2) is 16.2 Å². The lowest BCUT2D eigenvalue weighted by Gasteiger charge is -2.22. The fourth-order valence-electron chi connectivity index (χ4n) is 2.56. The second kappa shape index (κ2) is 5.88. The fraction of sp³-hybridized carbons (Fsp3) is 0.471. The number of hydrogen-bond donors (Lipinski definition) is 0. The molecule has 1 aliphatic rings. The van der Waals surface area contributed by atoms with Gasteiger partial charge in [0, 0.05) is 0 Å². The van der Waals surface area contributed by atoms with Crippen LogP contribution >= 0.6 is 23.2 Å². The van der Waals surface area contributed by atoms with Gasteiger partial charge in [0.05, 0.1) is 17.4 Å². The SMILES string of the molecule is CC(C)(C)OC(=O)C1CN1n1c(C(C)(Cl)Cl)nc2ccccc2c1=O. The van der Waals surface area contributed by atoms with Crippen LogP contribution in [0.2, 0.25) is 0 Å². The molecule has 3 rings (SSSR count). The van der Waals surface area contributed by atoms with Crippen molar-refractivity contribution in [2.24, 2.45) is 0 Å². The molecule has 1 aromatic heterocycles. The summed E-state index contributed by atoms with van der Waals surface area (Å²) in [5, 5.41) is 1.99. The Kier molecular flexibility index (Phi) is 4.24. The second-order valence-corrected chi connectivity index (χ2v) is 8.83. The zero-order valence-electron chi connectivity index (χ0n) is 14.4. The van der Waals surface area contributed by atoms with Crippen LogP contribution in [0.5, 0.6) is 0 Å². The molecule has 0 saturated carbocycles. The highest BCUT2D eigenvalue weighted by Crippen LogP contribution is 2.33. The number of ether oxygens (including phenoxy) is 1. The fourth-order valence-corrected chi connectivity index (χ4v) is 2.81. The Morgan fingerprint density at radius 2 is 1.88 bits per heavy atom. The quantitative estimate of drug-likeness (QED) is 0.463. The maximum Gasteiger partial charge on any atom is 0.332 e. The lowest BCUT2D eigenvalue weighted by atomic mass is 10.2. The monoisotopic (exact) mass is 383 g/mol. The van der Waals surface area contributed by atoms with Crippen molar-refractivity contribution in [2.75, 3.05) is 11.6 Å². The molecule has 2 heterocycles. The summed E-state index contributed by atoms with van der Waals surface area (Å²) in [7, 11) is 0. The summed E-state index contributed by atoms with van der Waals surface area (Å²) in [5.74, 6) is -0.227. The van der Waals surface area contributed by atoms with Gasteiger partial charge >= 0.3 is 5.97 Å². The van der Waals surface area contributed by atoms with Gasteiger partial charge < -0.3 is 4.74 Å². The van der Waals surface area contributed by atoms with Crippen molar-refractivity contribution in [1.82, 2.24) is 9.66 Å². The minimum atomic E-state index is -1.40. The number of rotatable bonds is 3. The number of nitrogens with zero attached hydrogens (tertiary/aromatic N) is 3. The Hall–Kier alpha value is -1.79. The molecule has 8 heteroatoms. The van der Waals surface area contributed by atoms with E-state index in [1.807, 2.05) is 0 Å². The first kappa shape index (κ1) is 18.0. The number of carbonyl (C=O) groups is 1. The standard InChI is InChI=1S/C17H19Cl2N3O3/c1-16(2,3)25-14(24)12-9-21(12)22-13(23)10-7-5-6-8-11(10)20-15(22)17(4,18)19/h5-8,12H,9H2,1-4H3. The normalized spacial score (nSPS) is 17.7. The van der Waals surface area contributed by atoms with E-state index in [9.17, 15) is 9.59 Å². The average molecular weight is 384 g/mol. The average Bonchev–Trinajstić information content (AvgIpc) is 3.25. The lowest BCUT2D eigenvalue weighted by molar-refractivity contribution is -0.153. The number of fused-ring (bicyclic) bond motifs is 1. The largest absolute Gasteiger partial charge is 0.458 e. The van der Waals surface area contributed by atoms with Crippen LogP contribution in [0.4, 0.5) is 0 Å². The van der Waals surface area contributed by atoms with Gasteiger partial charge in [-0.05, 0) is 39.8 Å². The molecule has 0 aliphatic carbocycles. The van der Waals surface area contributed by atoms with Gasteiger partial charge in [-0.25, -0.2) is 14.5 Å². The summed E-state index contributed by atoms with van der Waals surface area (Å²) in [6.45, 7) is 7.25. The van der Waals surface area contributed by atoms with Crippen LogP contribution < -0.4 is 10.6 Å². The first-order chi connectivity index (χ1) is 11.5. The molecule has 134 valence electrons. The van der Waals surface area contributed by atoms with E-state index in [0.717, 1.165) is 0 Å². The molecule has 0 bridgehead atoms. The van der Waals surface area contributed by atoms with Crippen molar-refractivity contribution in [2.45, 2.75) is 43.7 Å². The van der Waals surface area contributed by atoms with Crippen molar-refractivity contribution in [1.29, 1.82) is 0 Å². The van der Waals surface area contributed by atoms with Crippen LogP contribution in [0, 0.1) is 0 Å². The molecule has 1 aromatic carbocycles. The highest BCUT2D eigenvalue weighted by atomic mass is 35.5. The van der Waals surface area contributed by atoms with Crippen LogP contribution in [-0.4, -0.2) is 33.8 Å². The molecule has 1 unspecified atom stereocenters. The van der Waals surface area contributed by atoms with Gasteiger partial charge in [-0.3, -0.25) is 9.80 Å². The summed E-state index contributed by atoms with van der Waals surface area (Å²) in [6, 6.07) is 6.37. The van der Waals surface area contributed by atoms with Gasteiger partial charge in [-0.1, -0.05) is 35.3 Å². The van der Waals surface area contributed by atoms with Gasteiger partial charge in [0.1, 0.15) is 5.60 Å². The lowest BCUT2D eigenvalue weighted by Crippen LogP contribution is -2.39. The van der Waals surface area contributed by atoms with Crippen LogP contribution in [0.15, 0.2) is 29.1 Å². The highest BCUT2D eigenvalue weighted by molar-refractivity contribution is 6.47. The number of alkyl halides is 2. The zero-order chi connectivity index (χ0) is 18.6. The molecule has 0 radical (unpaired) electrons. The minimum Gasteiger partial charge on any atom is -0.458 e. The van der Waals surface area contributed by atoms with Gasteiger partial charge in [0.25, 0.3) is 5.56 Å². The summed E-state index contributed by atoms with van der Waals surface area (Å²) < 4.78 is 5.27. The number of para-hydroxylation sites is 1. The van der Waals surface area contributed by atoms with E-state index < -0.39 is 21.9 Å². The van der Waals surface area contributed by atoms with Gasteiger partial charge in [-0.15, -0.1) is 0 Å². The van der Waals surface area contributed by atoms with Crippen LogP contribution in [0.3, 0.4) is 0 Å². The smallest absolute Gasteiger partial charge is 0.332 e. The van der Waals surface area contributed by atoms with Crippen molar-refractivity contribution < 1.29 is 9.53 Å². The van der Waals surface area contributed by atoms with Gasteiger partial charge in [-0.2, -0.15) is 0 Å². The molecule has 0 N–H and O–H groups in total. The Morgan fingerprint density at radius 3 is 2.48 bits per heavy atom. The number of hydrogen-bond acceptors (Lipinski definition) is 5. The predicted octanol–water partition coefficient (Wildman–Crippen LogP) is 2.71. The van der Waals surface area contributed by atoms with Crippen molar-refractivity contribution in [3.63, 3.8) is 0 Å². The summed E-state index contributed by atoms with van der Waals surface area (Å²) in [4.78, 5) is 29.7. The number of benzene rings is 1. The van der Waals surface area contributed by atoms with Crippen molar-refractivity contribution in [3.05, 3.63) is 40.4 Å². The summed E-state index contributed by atoms with van der Waals surface area (Å²) in [6.07, 6.45) is 0. The van der Waals surface area contributed by atoms with E-state index in [1.165, 1.54) is 11.6 Å². The van der Waals surface area contributed by atoms with Crippen molar-refractivity contribution >= 4 is 40.1 Å². The molecule has 1 fully saturated rings. The molecular formula is C17H19Cl2N3O3. The number of esters is 1. The third-order valence-electron chi connectivity index (χ3n) is 3.67. The second-order valence-electron chi connectivity index (χ2n) is 7.13. The highest BCUT2D eigenvalue weighted by Gasteiger charge is 2.47. The van der Waals surface area contributed by atoms with E-state index in [0.29, 0.717) is 17.4 Å². The molecule has 6 nitrogen and oxygen atoms in total. The van der Waals surface area contributed by atoms with Crippen LogP contribution in [0.1, 0.15) is 33.5 Å². The molecule has 1 saturated heterocycles. The van der Waals surface area contributed by atoms with E-state index >= 15 is 0 Å². The number of aromatic nitrogens is 2. The van der Waals surface area contributed by atoms with E-state index in [4.69, 9.17) is 27.9 Å². The molecule has 0 amide bonds. The first-order valence-corrected chi connectivity index (χ1v) is 8.64. The molecule has 25 heavy (non-hydrogen) atoms. The van der Waals surface area contributed by atoms with Gasteiger partial charge in [0.2, 0.25) is 0 Å². The zero-order valence-corrected chi connectivity index (χ0v) is 15.9.